The lowest BCUT2D eigenvalue weighted by Crippen LogP contribution is -2.12. The second kappa shape index (κ2) is 7.36. The van der Waals surface area contributed by atoms with E-state index in [-0.39, 0.29) is 11.5 Å². The van der Waals surface area contributed by atoms with Crippen molar-refractivity contribution in [1.82, 2.24) is 0 Å². The van der Waals surface area contributed by atoms with Crippen LogP contribution in [0.5, 0.6) is 0 Å². The first-order valence-corrected chi connectivity index (χ1v) is 7.68. The van der Waals surface area contributed by atoms with E-state index in [1.807, 2.05) is 43.3 Å². The fraction of sp³-hybridized carbons (Fsp3) is 0.222. The number of amides is 1. The van der Waals surface area contributed by atoms with Crippen LogP contribution >= 0.6 is 11.6 Å². The van der Waals surface area contributed by atoms with Gasteiger partial charge in [0.05, 0.1) is 23.4 Å². The van der Waals surface area contributed by atoms with Gasteiger partial charge in [0.1, 0.15) is 0 Å². The molecule has 24 heavy (non-hydrogen) atoms. The Morgan fingerprint density at radius 1 is 1.12 bits per heavy atom. The second-order valence-electron chi connectivity index (χ2n) is 5.49. The summed E-state index contributed by atoms with van der Waals surface area (Å²) in [4.78, 5) is 25.4. The molecule has 0 saturated carbocycles. The third-order valence-corrected chi connectivity index (χ3v) is 3.83. The Kier molecular flexibility index (Phi) is 5.46. The van der Waals surface area contributed by atoms with Crippen molar-refractivity contribution in [2.24, 2.45) is 0 Å². The molecular formula is C18H19ClN2O3. The lowest BCUT2D eigenvalue weighted by molar-refractivity contribution is -0.114. The van der Waals surface area contributed by atoms with Crippen molar-refractivity contribution >= 4 is 34.9 Å². The molecule has 0 heterocycles. The predicted molar refractivity (Wildman–Crippen MR) is 96.9 cm³/mol. The van der Waals surface area contributed by atoms with Crippen molar-refractivity contribution in [3.8, 4) is 11.1 Å². The van der Waals surface area contributed by atoms with E-state index in [2.05, 4.69) is 5.32 Å². The van der Waals surface area contributed by atoms with Gasteiger partial charge >= 0.3 is 5.97 Å². The maximum Gasteiger partial charge on any atom is 0.339 e. The maximum absolute atomic E-state index is 12.0. The van der Waals surface area contributed by atoms with Gasteiger partial charge in [-0.15, -0.1) is 0 Å². The Labute approximate surface area is 146 Å². The summed E-state index contributed by atoms with van der Waals surface area (Å²) in [5.41, 5.74) is 3.19. The average molecular weight is 347 g/mol. The summed E-state index contributed by atoms with van der Waals surface area (Å²) in [6, 6.07) is 11.0. The van der Waals surface area contributed by atoms with Crippen LogP contribution in [0.4, 0.5) is 11.4 Å². The van der Waals surface area contributed by atoms with Gasteiger partial charge in [0, 0.05) is 32.3 Å². The number of ether oxygens (including phenoxy) is 1. The van der Waals surface area contributed by atoms with Crippen LogP contribution in [0.25, 0.3) is 11.1 Å². The molecule has 126 valence electrons. The van der Waals surface area contributed by atoms with Crippen LogP contribution in [-0.4, -0.2) is 33.1 Å². The average Bonchev–Trinajstić information content (AvgIpc) is 2.54. The number of carbonyl (C=O) groups excluding carboxylic acids is 2. The molecule has 1 amide bonds. The minimum absolute atomic E-state index is 0.254. The molecule has 0 fully saturated rings. The number of methoxy groups -OCH3 is 1. The molecule has 2 aromatic carbocycles. The van der Waals surface area contributed by atoms with Crippen molar-refractivity contribution in [2.75, 3.05) is 31.4 Å². The normalized spacial score (nSPS) is 10.2. The number of nitrogens with one attached hydrogen (secondary N) is 1. The van der Waals surface area contributed by atoms with Gasteiger partial charge in [0.2, 0.25) is 5.91 Å². The van der Waals surface area contributed by atoms with Gasteiger partial charge in [-0.1, -0.05) is 23.7 Å². The molecular weight excluding hydrogens is 328 g/mol. The molecule has 0 radical (unpaired) electrons. The second-order valence-corrected chi connectivity index (χ2v) is 5.90. The lowest BCUT2D eigenvalue weighted by Gasteiger charge is -2.15. The molecule has 0 saturated heterocycles. The zero-order valence-electron chi connectivity index (χ0n) is 14.0. The van der Waals surface area contributed by atoms with Crippen molar-refractivity contribution in [3.05, 3.63) is 47.0 Å². The van der Waals surface area contributed by atoms with Gasteiger partial charge in [0.25, 0.3) is 0 Å². The standard InChI is InChI=1S/C18H19ClN2O3/c1-11(22)20-17-10-16(19)14(9-15(17)18(23)24-4)12-5-7-13(8-6-12)21(2)3/h5-10H,1-4H3,(H,20,22). The van der Waals surface area contributed by atoms with Gasteiger partial charge < -0.3 is 15.0 Å². The van der Waals surface area contributed by atoms with Crippen LogP contribution < -0.4 is 10.2 Å². The van der Waals surface area contributed by atoms with E-state index in [0.29, 0.717) is 16.3 Å². The van der Waals surface area contributed by atoms with Gasteiger partial charge in [-0.25, -0.2) is 4.79 Å². The number of hydrogen-bond donors (Lipinski definition) is 1. The smallest absolute Gasteiger partial charge is 0.339 e. The number of rotatable bonds is 4. The number of halogens is 1. The summed E-state index contributed by atoms with van der Waals surface area (Å²) in [6.45, 7) is 1.36. The zero-order chi connectivity index (χ0) is 17.9. The Balaban J connectivity index is 2.54. The first kappa shape index (κ1) is 17.8. The molecule has 0 aliphatic carbocycles. The number of anilines is 2. The topological polar surface area (TPSA) is 58.6 Å². The summed E-state index contributed by atoms with van der Waals surface area (Å²) in [7, 11) is 5.21. The predicted octanol–water partition coefficient (Wildman–Crippen LogP) is 3.82. The van der Waals surface area contributed by atoms with Crippen molar-refractivity contribution in [1.29, 1.82) is 0 Å². The Morgan fingerprint density at radius 2 is 1.75 bits per heavy atom. The quantitative estimate of drug-likeness (QED) is 0.855. The van der Waals surface area contributed by atoms with E-state index >= 15 is 0 Å². The highest BCUT2D eigenvalue weighted by Crippen LogP contribution is 2.34. The van der Waals surface area contributed by atoms with E-state index in [0.717, 1.165) is 11.3 Å². The Morgan fingerprint density at radius 3 is 2.25 bits per heavy atom. The number of esters is 1. The van der Waals surface area contributed by atoms with Crippen LogP contribution in [0.15, 0.2) is 36.4 Å². The molecule has 0 atom stereocenters. The van der Waals surface area contributed by atoms with E-state index in [9.17, 15) is 9.59 Å². The minimum Gasteiger partial charge on any atom is -0.465 e. The number of benzene rings is 2. The first-order chi connectivity index (χ1) is 11.3. The van der Waals surface area contributed by atoms with Crippen molar-refractivity contribution in [2.45, 2.75) is 6.92 Å². The van der Waals surface area contributed by atoms with Crippen LogP contribution in [0, 0.1) is 0 Å². The van der Waals surface area contributed by atoms with Crippen LogP contribution in [0.2, 0.25) is 5.02 Å². The van der Waals surface area contributed by atoms with Crippen LogP contribution in [-0.2, 0) is 9.53 Å². The fourth-order valence-corrected chi connectivity index (χ4v) is 2.58. The van der Waals surface area contributed by atoms with Gasteiger partial charge in [-0.05, 0) is 29.8 Å². The molecule has 1 N–H and O–H groups in total. The van der Waals surface area contributed by atoms with Crippen LogP contribution in [0.3, 0.4) is 0 Å². The minimum atomic E-state index is -0.540. The van der Waals surface area contributed by atoms with E-state index in [1.54, 1.807) is 12.1 Å². The highest BCUT2D eigenvalue weighted by Gasteiger charge is 2.17. The Bertz CT molecular complexity index is 771. The summed E-state index contributed by atoms with van der Waals surface area (Å²) in [6.07, 6.45) is 0. The third kappa shape index (κ3) is 3.86. The first-order valence-electron chi connectivity index (χ1n) is 7.30. The highest BCUT2D eigenvalue weighted by atomic mass is 35.5. The molecule has 0 aliphatic rings. The molecule has 0 spiro atoms. The molecule has 2 rings (SSSR count). The number of carbonyl (C=O) groups is 2. The molecule has 0 bridgehead atoms. The van der Waals surface area contributed by atoms with E-state index in [1.165, 1.54) is 14.0 Å². The molecule has 6 heteroatoms. The summed E-state index contributed by atoms with van der Waals surface area (Å²) in [5, 5.41) is 3.04. The number of nitrogens with zero attached hydrogens (tertiary/aromatic N) is 1. The summed E-state index contributed by atoms with van der Waals surface area (Å²) in [5.74, 6) is -0.833. The molecule has 0 aliphatic heterocycles. The largest absolute Gasteiger partial charge is 0.465 e. The number of hydrogen-bond acceptors (Lipinski definition) is 4. The van der Waals surface area contributed by atoms with Crippen molar-refractivity contribution < 1.29 is 14.3 Å². The van der Waals surface area contributed by atoms with Gasteiger partial charge in [-0.3, -0.25) is 4.79 Å². The third-order valence-electron chi connectivity index (χ3n) is 3.52. The maximum atomic E-state index is 12.0. The Hall–Kier alpha value is -2.53. The van der Waals surface area contributed by atoms with E-state index in [4.69, 9.17) is 16.3 Å². The summed E-state index contributed by atoms with van der Waals surface area (Å²) < 4.78 is 4.80. The molecule has 0 unspecified atom stereocenters. The van der Waals surface area contributed by atoms with Gasteiger partial charge in [-0.2, -0.15) is 0 Å². The zero-order valence-corrected chi connectivity index (χ0v) is 14.8. The highest BCUT2D eigenvalue weighted by molar-refractivity contribution is 6.34. The fourth-order valence-electron chi connectivity index (χ4n) is 2.31. The van der Waals surface area contributed by atoms with Crippen LogP contribution in [0.1, 0.15) is 17.3 Å². The summed E-state index contributed by atoms with van der Waals surface area (Å²) >= 11 is 6.36. The van der Waals surface area contributed by atoms with E-state index < -0.39 is 5.97 Å². The molecule has 5 nitrogen and oxygen atoms in total. The lowest BCUT2D eigenvalue weighted by atomic mass is 10.0. The SMILES string of the molecule is COC(=O)c1cc(-c2ccc(N(C)C)cc2)c(Cl)cc1NC(C)=O. The van der Waals surface area contributed by atoms with Gasteiger partial charge in [0.15, 0.2) is 0 Å². The monoisotopic (exact) mass is 346 g/mol. The molecule has 0 aromatic heterocycles. The van der Waals surface area contributed by atoms with Crippen molar-refractivity contribution in [3.63, 3.8) is 0 Å². The molecule has 2 aromatic rings.